The van der Waals surface area contributed by atoms with E-state index in [4.69, 9.17) is 9.15 Å². The summed E-state index contributed by atoms with van der Waals surface area (Å²) in [5, 5.41) is 0.985. The molecule has 3 atom stereocenters. The van der Waals surface area contributed by atoms with Gasteiger partial charge in [-0.15, -0.1) is 0 Å². The van der Waals surface area contributed by atoms with E-state index in [9.17, 15) is 4.79 Å². The lowest BCUT2D eigenvalue weighted by Gasteiger charge is -2.38. The average Bonchev–Trinajstić information content (AvgIpc) is 2.90. The Balaban J connectivity index is 1.88. The summed E-state index contributed by atoms with van der Waals surface area (Å²) in [6.45, 7) is 0. The molecule has 4 heteroatoms. The first-order valence-electron chi connectivity index (χ1n) is 6.28. The van der Waals surface area contributed by atoms with Gasteiger partial charge in [-0.1, -0.05) is 15.9 Å². The number of halogens is 1. The third kappa shape index (κ3) is 2.14. The number of fused-ring (bicyclic) bond motifs is 1. The Morgan fingerprint density at radius 2 is 2.28 bits per heavy atom. The van der Waals surface area contributed by atoms with Crippen molar-refractivity contribution in [3.05, 3.63) is 30.2 Å². The molecule has 0 amide bonds. The third-order valence-corrected chi connectivity index (χ3v) is 4.83. The summed E-state index contributed by atoms with van der Waals surface area (Å²) in [5.41, 5.74) is 2.09. The fourth-order valence-corrected chi connectivity index (χ4v) is 3.57. The monoisotopic (exact) mass is 310 g/mol. The summed E-state index contributed by atoms with van der Waals surface area (Å²) in [6, 6.07) is 1.91. The number of carbonyl (C=O) groups is 1. The Bertz CT molecular complexity index is 463. The van der Waals surface area contributed by atoms with Gasteiger partial charge in [0.05, 0.1) is 12.5 Å². The highest BCUT2D eigenvalue weighted by molar-refractivity contribution is 9.09. The van der Waals surface area contributed by atoms with Crippen LogP contribution in [0.2, 0.25) is 0 Å². The van der Waals surface area contributed by atoms with Crippen molar-refractivity contribution in [1.29, 1.82) is 0 Å². The molecule has 1 aromatic heterocycles. The van der Waals surface area contributed by atoms with Gasteiger partial charge in [-0.2, -0.15) is 0 Å². The first-order valence-corrected chi connectivity index (χ1v) is 7.41. The number of furan rings is 1. The number of rotatable bonds is 2. The van der Waals surface area contributed by atoms with Crippen molar-refractivity contribution in [1.82, 2.24) is 0 Å². The van der Waals surface area contributed by atoms with Crippen LogP contribution >= 0.6 is 15.9 Å². The minimum atomic E-state index is -0.220. The number of alkyl halides is 1. The standard InChI is InChI=1S/C14H15BrO3/c15-7-9-1-2-11-12(10-3-4-17-8-10)6-14(16)18-13(11)5-9/h3-4,6,8-9,11,13H,1-2,5,7H2. The van der Waals surface area contributed by atoms with E-state index >= 15 is 0 Å². The van der Waals surface area contributed by atoms with Crippen LogP contribution in [0.15, 0.2) is 29.1 Å². The van der Waals surface area contributed by atoms with Gasteiger partial charge in [0.25, 0.3) is 0 Å². The quantitative estimate of drug-likeness (QED) is 0.621. The molecule has 0 spiro atoms. The molecule has 1 aliphatic heterocycles. The van der Waals surface area contributed by atoms with E-state index in [1.54, 1.807) is 18.6 Å². The summed E-state index contributed by atoms with van der Waals surface area (Å²) >= 11 is 3.53. The SMILES string of the molecule is O=C1C=C(c2ccoc2)C2CCC(CBr)CC2O1. The molecule has 1 aliphatic carbocycles. The van der Waals surface area contributed by atoms with Crippen molar-refractivity contribution in [2.75, 3.05) is 5.33 Å². The molecule has 2 heterocycles. The fourth-order valence-electron chi connectivity index (χ4n) is 2.98. The molecule has 0 N–H and O–H groups in total. The Morgan fingerprint density at radius 3 is 3.00 bits per heavy atom. The summed E-state index contributed by atoms with van der Waals surface area (Å²) in [6.07, 6.45) is 8.22. The van der Waals surface area contributed by atoms with Gasteiger partial charge in [-0.25, -0.2) is 4.79 Å². The number of hydrogen-bond donors (Lipinski definition) is 0. The lowest BCUT2D eigenvalue weighted by molar-refractivity contribution is -0.148. The molecule has 18 heavy (non-hydrogen) atoms. The zero-order valence-electron chi connectivity index (χ0n) is 9.97. The van der Waals surface area contributed by atoms with E-state index in [0.29, 0.717) is 11.8 Å². The Morgan fingerprint density at radius 1 is 1.39 bits per heavy atom. The molecule has 0 bridgehead atoms. The number of esters is 1. The maximum Gasteiger partial charge on any atom is 0.331 e. The second kappa shape index (κ2) is 4.92. The second-order valence-corrected chi connectivity index (χ2v) is 5.67. The maximum absolute atomic E-state index is 11.7. The first-order chi connectivity index (χ1) is 8.78. The Hall–Kier alpha value is -1.03. The highest BCUT2D eigenvalue weighted by Crippen LogP contribution is 2.42. The molecular formula is C14H15BrO3. The van der Waals surface area contributed by atoms with Gasteiger partial charge in [0, 0.05) is 22.9 Å². The van der Waals surface area contributed by atoms with Gasteiger partial charge in [0.2, 0.25) is 0 Å². The van der Waals surface area contributed by atoms with E-state index in [-0.39, 0.29) is 12.1 Å². The van der Waals surface area contributed by atoms with E-state index in [1.807, 2.05) is 6.07 Å². The van der Waals surface area contributed by atoms with Crippen molar-refractivity contribution in [3.8, 4) is 0 Å². The Kier molecular flexibility index (Phi) is 3.29. The minimum absolute atomic E-state index is 0.0312. The Labute approximate surface area is 114 Å². The van der Waals surface area contributed by atoms with Crippen LogP contribution in [0.3, 0.4) is 0 Å². The summed E-state index contributed by atoms with van der Waals surface area (Å²) in [5.74, 6) is 0.723. The molecule has 3 rings (SSSR count). The van der Waals surface area contributed by atoms with Crippen molar-refractivity contribution in [2.24, 2.45) is 11.8 Å². The lowest BCUT2D eigenvalue weighted by atomic mass is 9.74. The van der Waals surface area contributed by atoms with Crippen LogP contribution in [0.25, 0.3) is 5.57 Å². The average molecular weight is 311 g/mol. The zero-order valence-corrected chi connectivity index (χ0v) is 11.6. The predicted molar refractivity (Wildman–Crippen MR) is 71.2 cm³/mol. The van der Waals surface area contributed by atoms with E-state index in [0.717, 1.165) is 29.3 Å². The number of carbonyl (C=O) groups excluding carboxylic acids is 1. The largest absolute Gasteiger partial charge is 0.472 e. The predicted octanol–water partition coefficient (Wildman–Crippen LogP) is 3.40. The molecule has 0 aromatic carbocycles. The maximum atomic E-state index is 11.7. The van der Waals surface area contributed by atoms with Gasteiger partial charge in [0.15, 0.2) is 0 Å². The van der Waals surface area contributed by atoms with Crippen molar-refractivity contribution in [3.63, 3.8) is 0 Å². The van der Waals surface area contributed by atoms with Gasteiger partial charge < -0.3 is 9.15 Å². The van der Waals surface area contributed by atoms with Crippen LogP contribution < -0.4 is 0 Å². The van der Waals surface area contributed by atoms with Crippen LogP contribution in [0.5, 0.6) is 0 Å². The first kappa shape index (κ1) is 12.0. The highest BCUT2D eigenvalue weighted by Gasteiger charge is 2.38. The second-order valence-electron chi connectivity index (χ2n) is 5.03. The summed E-state index contributed by atoms with van der Waals surface area (Å²) < 4.78 is 10.6. The van der Waals surface area contributed by atoms with Crippen LogP contribution in [-0.4, -0.2) is 17.4 Å². The van der Waals surface area contributed by atoms with Crippen molar-refractivity contribution < 1.29 is 13.9 Å². The zero-order chi connectivity index (χ0) is 12.5. The van der Waals surface area contributed by atoms with E-state index in [2.05, 4.69) is 15.9 Å². The molecule has 2 aliphatic rings. The van der Waals surface area contributed by atoms with Crippen LogP contribution in [0.1, 0.15) is 24.8 Å². The molecule has 96 valence electrons. The van der Waals surface area contributed by atoms with Crippen LogP contribution in [0, 0.1) is 11.8 Å². The molecule has 1 fully saturated rings. The van der Waals surface area contributed by atoms with Gasteiger partial charge in [-0.3, -0.25) is 0 Å². The smallest absolute Gasteiger partial charge is 0.331 e. The molecule has 1 aromatic rings. The van der Waals surface area contributed by atoms with Gasteiger partial charge >= 0.3 is 5.97 Å². The molecule has 3 nitrogen and oxygen atoms in total. The molecule has 0 saturated heterocycles. The van der Waals surface area contributed by atoms with Gasteiger partial charge in [-0.05, 0) is 36.8 Å². The molecule has 3 unspecified atom stereocenters. The van der Waals surface area contributed by atoms with E-state index in [1.165, 1.54) is 6.42 Å². The molecule has 1 saturated carbocycles. The van der Waals surface area contributed by atoms with E-state index < -0.39 is 0 Å². The molecule has 0 radical (unpaired) electrons. The topological polar surface area (TPSA) is 39.4 Å². The minimum Gasteiger partial charge on any atom is -0.472 e. The van der Waals surface area contributed by atoms with Crippen molar-refractivity contribution >= 4 is 27.5 Å². The fraction of sp³-hybridized carbons (Fsp3) is 0.500. The highest BCUT2D eigenvalue weighted by atomic mass is 79.9. The van der Waals surface area contributed by atoms with Crippen LogP contribution in [-0.2, 0) is 9.53 Å². The normalized spacial score (nSPS) is 31.5. The number of ether oxygens (including phenoxy) is 1. The van der Waals surface area contributed by atoms with Crippen LogP contribution in [0.4, 0.5) is 0 Å². The summed E-state index contributed by atoms with van der Waals surface area (Å²) in [4.78, 5) is 11.7. The number of hydrogen-bond acceptors (Lipinski definition) is 3. The lowest BCUT2D eigenvalue weighted by Crippen LogP contribution is -2.37. The third-order valence-electron chi connectivity index (χ3n) is 3.91. The van der Waals surface area contributed by atoms with Crippen molar-refractivity contribution in [2.45, 2.75) is 25.4 Å². The summed E-state index contributed by atoms with van der Waals surface area (Å²) in [7, 11) is 0. The van der Waals surface area contributed by atoms with Gasteiger partial charge in [0.1, 0.15) is 6.10 Å². The molecular weight excluding hydrogens is 296 g/mol.